The lowest BCUT2D eigenvalue weighted by molar-refractivity contribution is -0.140. The molecule has 0 aliphatic carbocycles. The van der Waals surface area contributed by atoms with Gasteiger partial charge in [-0.3, -0.25) is 4.90 Å². The second-order valence-electron chi connectivity index (χ2n) is 9.61. The van der Waals surface area contributed by atoms with Gasteiger partial charge in [0.15, 0.2) is 0 Å². The average Bonchev–Trinajstić information content (AvgIpc) is 3.28. The number of fused-ring (bicyclic) bond motifs is 1. The van der Waals surface area contributed by atoms with Crippen LogP contribution in [0.15, 0.2) is 42.5 Å². The molecule has 8 nitrogen and oxygen atoms in total. The molecule has 1 aliphatic heterocycles. The summed E-state index contributed by atoms with van der Waals surface area (Å²) in [7, 11) is 2.72. The minimum Gasteiger partial charge on any atom is -0.495 e. The number of hydrogen-bond donors (Lipinski definition) is 3. The third-order valence-corrected chi connectivity index (χ3v) is 6.87. The number of anilines is 2. The van der Waals surface area contributed by atoms with Gasteiger partial charge in [0.1, 0.15) is 18.5 Å². The van der Waals surface area contributed by atoms with Crippen molar-refractivity contribution in [3.05, 3.63) is 53.7 Å². The number of rotatable bonds is 9. The van der Waals surface area contributed by atoms with E-state index in [0.29, 0.717) is 53.1 Å². The third kappa shape index (κ3) is 7.42. The molecule has 4 rings (SSSR count). The van der Waals surface area contributed by atoms with Gasteiger partial charge < -0.3 is 29.8 Å². The molecular weight excluding hydrogens is 544 g/mol. The van der Waals surface area contributed by atoms with Crippen LogP contribution in [0.4, 0.5) is 28.9 Å². The van der Waals surface area contributed by atoms with Crippen molar-refractivity contribution in [3.8, 4) is 17.6 Å². The van der Waals surface area contributed by atoms with Crippen LogP contribution in [-0.4, -0.2) is 85.9 Å². The molecule has 1 fully saturated rings. The number of ether oxygens (including phenoxy) is 2. The number of aromatic nitrogens is 1. The second-order valence-corrected chi connectivity index (χ2v) is 9.61. The number of β-amino-alcohol motifs (C(OH)–C–C–N with tert-alkyl or cyclic N) is 1. The van der Waals surface area contributed by atoms with Crippen molar-refractivity contribution in [2.75, 3.05) is 57.6 Å². The predicted octanol–water partition coefficient (Wildman–Crippen LogP) is 4.28. The number of aliphatic hydroxyl groups excluding tert-OH is 1. The fourth-order valence-corrected chi connectivity index (χ4v) is 4.89. The normalized spacial score (nSPS) is 17.5. The number of carbonyl (C=O) groups is 1. The lowest BCUT2D eigenvalue weighted by atomic mass is 10.0. The summed E-state index contributed by atoms with van der Waals surface area (Å²) in [5.41, 5.74) is 1.87. The molecule has 2 heterocycles. The highest BCUT2D eigenvalue weighted by atomic mass is 19.4. The maximum absolute atomic E-state index is 14.9. The van der Waals surface area contributed by atoms with Gasteiger partial charge in [0.25, 0.3) is 0 Å². The van der Waals surface area contributed by atoms with Gasteiger partial charge in [-0.1, -0.05) is 12.0 Å². The van der Waals surface area contributed by atoms with E-state index in [-0.39, 0.29) is 25.4 Å². The molecule has 3 N–H and O–H groups in total. The van der Waals surface area contributed by atoms with Gasteiger partial charge in [-0.2, -0.15) is 13.2 Å². The Hall–Kier alpha value is -3.95. The average molecular weight is 577 g/mol. The topological polar surface area (TPSA) is 88.0 Å². The summed E-state index contributed by atoms with van der Waals surface area (Å²) < 4.78 is 66.7. The van der Waals surface area contributed by atoms with Crippen LogP contribution in [0.1, 0.15) is 22.5 Å². The number of piperidine rings is 1. The molecule has 12 heteroatoms. The van der Waals surface area contributed by atoms with E-state index >= 15 is 0 Å². The van der Waals surface area contributed by atoms with Crippen molar-refractivity contribution in [2.24, 2.45) is 0 Å². The van der Waals surface area contributed by atoms with Crippen LogP contribution in [-0.2, 0) is 11.3 Å². The zero-order chi connectivity index (χ0) is 29.6. The number of esters is 1. The Morgan fingerprint density at radius 1 is 1.17 bits per heavy atom. The summed E-state index contributed by atoms with van der Waals surface area (Å²) in [4.78, 5) is 13.6. The van der Waals surface area contributed by atoms with Crippen LogP contribution < -0.4 is 15.4 Å². The zero-order valence-electron chi connectivity index (χ0n) is 22.7. The first-order valence-electron chi connectivity index (χ1n) is 13.1. The predicted molar refractivity (Wildman–Crippen MR) is 148 cm³/mol. The SMILES string of the molecule is COC(=O)c1ccc(NCC#Cc2cc3c(N[C@H]4CCN(CCO)C[C@H]4F)cccc3n2CC(F)(F)F)c(OC)c1. The molecule has 220 valence electrons. The molecule has 2 atom stereocenters. The Kier molecular flexibility index (Phi) is 9.62. The van der Waals surface area contributed by atoms with Crippen LogP contribution in [0, 0.1) is 11.8 Å². The highest BCUT2D eigenvalue weighted by Crippen LogP contribution is 2.32. The molecule has 1 saturated heterocycles. The van der Waals surface area contributed by atoms with Gasteiger partial charge in [-0.15, -0.1) is 0 Å². The molecule has 0 bridgehead atoms. The first kappa shape index (κ1) is 30.0. The van der Waals surface area contributed by atoms with Crippen LogP contribution in [0.3, 0.4) is 0 Å². The van der Waals surface area contributed by atoms with E-state index in [1.165, 1.54) is 20.3 Å². The van der Waals surface area contributed by atoms with Crippen molar-refractivity contribution in [1.29, 1.82) is 0 Å². The zero-order valence-corrected chi connectivity index (χ0v) is 22.7. The molecular formula is C29H32F4N4O4. The molecule has 0 unspecified atom stereocenters. The monoisotopic (exact) mass is 576 g/mol. The summed E-state index contributed by atoms with van der Waals surface area (Å²) in [6.07, 6.45) is -5.20. The van der Waals surface area contributed by atoms with Gasteiger partial charge in [0.2, 0.25) is 0 Å². The van der Waals surface area contributed by atoms with E-state index in [2.05, 4.69) is 22.5 Å². The minimum absolute atomic E-state index is 0.0502. The van der Waals surface area contributed by atoms with Gasteiger partial charge in [0, 0.05) is 30.7 Å². The number of likely N-dealkylation sites (tertiary alicyclic amines) is 1. The summed E-state index contributed by atoms with van der Waals surface area (Å²) in [5.74, 6) is 5.55. The molecule has 1 aromatic heterocycles. The Balaban J connectivity index is 1.57. The second kappa shape index (κ2) is 13.1. The lowest BCUT2D eigenvalue weighted by Crippen LogP contribution is -2.48. The number of carbonyl (C=O) groups excluding carboxylic acids is 1. The Morgan fingerprint density at radius 3 is 2.66 bits per heavy atom. The Labute approximate surface area is 235 Å². The fourth-order valence-electron chi connectivity index (χ4n) is 4.89. The number of halogens is 4. The van der Waals surface area contributed by atoms with Crippen molar-refractivity contribution in [2.45, 2.75) is 31.4 Å². The summed E-state index contributed by atoms with van der Waals surface area (Å²) in [6.45, 7) is -0.0300. The third-order valence-electron chi connectivity index (χ3n) is 6.87. The van der Waals surface area contributed by atoms with Crippen LogP contribution >= 0.6 is 0 Å². The number of nitrogens with zero attached hydrogens (tertiary/aromatic N) is 2. The quantitative estimate of drug-likeness (QED) is 0.199. The number of aliphatic hydroxyl groups is 1. The van der Waals surface area contributed by atoms with Gasteiger partial charge >= 0.3 is 12.1 Å². The Morgan fingerprint density at radius 2 is 1.98 bits per heavy atom. The maximum atomic E-state index is 14.9. The number of alkyl halides is 4. The van der Waals surface area contributed by atoms with Gasteiger partial charge in [-0.25, -0.2) is 9.18 Å². The Bertz CT molecular complexity index is 1430. The summed E-state index contributed by atoms with van der Waals surface area (Å²) in [6, 6.07) is 10.7. The van der Waals surface area contributed by atoms with E-state index < -0.39 is 30.9 Å². The smallest absolute Gasteiger partial charge is 0.406 e. The molecule has 2 aromatic carbocycles. The van der Waals surface area contributed by atoms with E-state index in [4.69, 9.17) is 14.6 Å². The molecule has 0 spiro atoms. The highest BCUT2D eigenvalue weighted by Gasteiger charge is 2.31. The summed E-state index contributed by atoms with van der Waals surface area (Å²) >= 11 is 0. The van der Waals surface area contributed by atoms with E-state index in [1.54, 1.807) is 36.4 Å². The molecule has 41 heavy (non-hydrogen) atoms. The van der Waals surface area contributed by atoms with Crippen molar-refractivity contribution >= 4 is 28.2 Å². The van der Waals surface area contributed by atoms with Crippen molar-refractivity contribution in [1.82, 2.24) is 9.47 Å². The number of benzene rings is 2. The molecule has 0 saturated carbocycles. The highest BCUT2D eigenvalue weighted by molar-refractivity contribution is 5.94. The first-order chi connectivity index (χ1) is 19.6. The number of methoxy groups -OCH3 is 2. The summed E-state index contributed by atoms with van der Waals surface area (Å²) in [5, 5.41) is 15.9. The van der Waals surface area contributed by atoms with Crippen molar-refractivity contribution < 1.29 is 36.9 Å². The van der Waals surface area contributed by atoms with Gasteiger partial charge in [0.05, 0.1) is 55.9 Å². The fraction of sp³-hybridized carbons (Fsp3) is 0.414. The van der Waals surface area contributed by atoms with Crippen LogP contribution in [0.2, 0.25) is 0 Å². The van der Waals surface area contributed by atoms with Crippen LogP contribution in [0.5, 0.6) is 5.75 Å². The first-order valence-corrected chi connectivity index (χ1v) is 13.1. The minimum atomic E-state index is -4.48. The van der Waals surface area contributed by atoms with Crippen molar-refractivity contribution in [3.63, 3.8) is 0 Å². The number of hydrogen-bond acceptors (Lipinski definition) is 7. The standard InChI is InChI=1S/C29H32F4N4O4/c1-40-27-15-19(28(39)41-2)8-9-25(27)34-11-4-5-20-16-21-23(6-3-7-26(21)37(20)18-29(31,32)33)35-24-10-12-36(13-14-38)17-22(24)30/h3,6-9,15-16,22,24,34-35,38H,10-14,17-18H2,1-2H3/t22-,24+/m1/s1. The molecule has 0 radical (unpaired) electrons. The lowest BCUT2D eigenvalue weighted by Gasteiger charge is -2.35. The number of nitrogens with one attached hydrogen (secondary N) is 2. The van der Waals surface area contributed by atoms with Crippen LogP contribution in [0.25, 0.3) is 10.9 Å². The molecule has 3 aromatic rings. The van der Waals surface area contributed by atoms with E-state index in [0.717, 1.165) is 4.57 Å². The van der Waals surface area contributed by atoms with E-state index in [9.17, 15) is 22.4 Å². The van der Waals surface area contributed by atoms with Gasteiger partial charge in [-0.05, 0) is 48.7 Å². The maximum Gasteiger partial charge on any atom is 0.406 e. The molecule has 0 amide bonds. The largest absolute Gasteiger partial charge is 0.495 e. The van der Waals surface area contributed by atoms with E-state index in [1.807, 2.05) is 4.90 Å². The molecule has 1 aliphatic rings.